The smallest absolute Gasteiger partial charge is 0.387 e. The second-order valence-electron chi connectivity index (χ2n) is 8.13. The van der Waals surface area contributed by atoms with Crippen LogP contribution >= 0.6 is 0 Å². The van der Waals surface area contributed by atoms with E-state index in [2.05, 4.69) is 10.1 Å². The molecule has 4 rings (SSSR count). The Morgan fingerprint density at radius 3 is 2.19 bits per heavy atom. The molecular weight excluding hydrogens is 486 g/mol. The van der Waals surface area contributed by atoms with E-state index in [9.17, 15) is 31.1 Å². The number of ether oxygens (including phenoxy) is 1. The van der Waals surface area contributed by atoms with Gasteiger partial charge in [0, 0.05) is 29.4 Å². The number of hydrogen-bond acceptors (Lipinski definition) is 3. The normalized spacial score (nSPS) is 16.0. The SMILES string of the molecule is CC(F)(F)c1cccc(C2C=C(Nc3ccc(OC(F)F)cc3)C(=O)N2c2ccc(C(F)F)cc2)c1. The van der Waals surface area contributed by atoms with Crippen molar-refractivity contribution in [1.82, 2.24) is 0 Å². The number of nitrogens with one attached hydrogen (secondary N) is 1. The number of hydrogen-bond donors (Lipinski definition) is 1. The summed E-state index contributed by atoms with van der Waals surface area (Å²) in [7, 11) is 0. The van der Waals surface area contributed by atoms with Crippen LogP contribution in [0.1, 0.15) is 36.1 Å². The van der Waals surface area contributed by atoms with Crippen LogP contribution in [-0.2, 0) is 10.7 Å². The van der Waals surface area contributed by atoms with E-state index in [-0.39, 0.29) is 28.3 Å². The number of amides is 1. The predicted octanol–water partition coefficient (Wildman–Crippen LogP) is 7.42. The van der Waals surface area contributed by atoms with E-state index in [0.717, 1.165) is 6.92 Å². The summed E-state index contributed by atoms with van der Waals surface area (Å²) in [5, 5.41) is 2.90. The first kappa shape index (κ1) is 25.2. The third-order valence-electron chi connectivity index (χ3n) is 5.57. The Labute approximate surface area is 202 Å². The third kappa shape index (κ3) is 5.48. The fourth-order valence-electron chi connectivity index (χ4n) is 3.83. The quantitative estimate of drug-likeness (QED) is 0.323. The molecule has 36 heavy (non-hydrogen) atoms. The molecule has 10 heteroatoms. The Bertz CT molecular complexity index is 1250. The summed E-state index contributed by atoms with van der Waals surface area (Å²) < 4.78 is 83.1. The first-order valence-corrected chi connectivity index (χ1v) is 10.8. The summed E-state index contributed by atoms with van der Waals surface area (Å²) >= 11 is 0. The van der Waals surface area contributed by atoms with Gasteiger partial charge in [-0.3, -0.25) is 9.69 Å². The number of alkyl halides is 6. The van der Waals surface area contributed by atoms with Crippen molar-refractivity contribution in [3.63, 3.8) is 0 Å². The molecule has 1 amide bonds. The van der Waals surface area contributed by atoms with Gasteiger partial charge in [0.1, 0.15) is 11.4 Å². The van der Waals surface area contributed by atoms with Gasteiger partial charge in [-0.25, -0.2) is 17.6 Å². The summed E-state index contributed by atoms with van der Waals surface area (Å²) in [6.07, 6.45) is -1.17. The Kier molecular flexibility index (Phi) is 6.96. The van der Waals surface area contributed by atoms with E-state index in [1.54, 1.807) is 6.07 Å². The van der Waals surface area contributed by atoms with Gasteiger partial charge in [0.2, 0.25) is 0 Å². The molecular formula is C26H20F6N2O2. The lowest BCUT2D eigenvalue weighted by Gasteiger charge is -2.26. The molecule has 0 spiro atoms. The molecule has 0 saturated carbocycles. The van der Waals surface area contributed by atoms with Crippen molar-refractivity contribution in [1.29, 1.82) is 0 Å². The van der Waals surface area contributed by atoms with Crippen LogP contribution in [0, 0.1) is 0 Å². The van der Waals surface area contributed by atoms with Gasteiger partial charge >= 0.3 is 6.61 Å². The van der Waals surface area contributed by atoms with Gasteiger partial charge in [-0.05, 0) is 54.1 Å². The fraction of sp³-hybridized carbons (Fsp3) is 0.192. The van der Waals surface area contributed by atoms with Crippen molar-refractivity contribution in [2.24, 2.45) is 0 Å². The maximum Gasteiger partial charge on any atom is 0.387 e. The zero-order chi connectivity index (χ0) is 26.0. The molecule has 188 valence electrons. The fourth-order valence-corrected chi connectivity index (χ4v) is 3.83. The Morgan fingerprint density at radius 2 is 1.61 bits per heavy atom. The molecule has 0 bridgehead atoms. The van der Waals surface area contributed by atoms with Crippen LogP contribution in [0.3, 0.4) is 0 Å². The average Bonchev–Trinajstić information content (AvgIpc) is 3.15. The molecule has 3 aromatic carbocycles. The monoisotopic (exact) mass is 506 g/mol. The number of rotatable bonds is 8. The number of carbonyl (C=O) groups excluding carboxylic acids is 1. The minimum Gasteiger partial charge on any atom is -0.435 e. The minimum atomic E-state index is -3.12. The van der Waals surface area contributed by atoms with Gasteiger partial charge in [-0.15, -0.1) is 0 Å². The molecule has 0 radical (unpaired) electrons. The molecule has 1 aliphatic heterocycles. The molecule has 0 aliphatic carbocycles. The zero-order valence-corrected chi connectivity index (χ0v) is 18.8. The molecule has 0 saturated heterocycles. The van der Waals surface area contributed by atoms with Crippen LogP contribution in [0.15, 0.2) is 84.6 Å². The topological polar surface area (TPSA) is 41.6 Å². The predicted molar refractivity (Wildman–Crippen MR) is 122 cm³/mol. The highest BCUT2D eigenvalue weighted by Gasteiger charge is 2.36. The van der Waals surface area contributed by atoms with E-state index in [1.165, 1.54) is 77.7 Å². The van der Waals surface area contributed by atoms with Gasteiger partial charge in [0.25, 0.3) is 18.3 Å². The van der Waals surface area contributed by atoms with Crippen LogP contribution in [0.25, 0.3) is 0 Å². The van der Waals surface area contributed by atoms with Crippen LogP contribution < -0.4 is 15.0 Å². The van der Waals surface area contributed by atoms with Crippen molar-refractivity contribution in [3.05, 3.63) is 101 Å². The lowest BCUT2D eigenvalue weighted by atomic mass is 10.0. The summed E-state index contributed by atoms with van der Waals surface area (Å²) in [6.45, 7) is -2.23. The summed E-state index contributed by atoms with van der Waals surface area (Å²) in [6, 6.07) is 15.3. The Morgan fingerprint density at radius 1 is 0.944 bits per heavy atom. The molecule has 1 heterocycles. The van der Waals surface area contributed by atoms with Gasteiger partial charge in [0.05, 0.1) is 6.04 Å². The van der Waals surface area contributed by atoms with Gasteiger partial charge in [-0.1, -0.05) is 30.3 Å². The minimum absolute atomic E-state index is 0.0711. The highest BCUT2D eigenvalue weighted by Crippen LogP contribution is 2.38. The molecule has 1 N–H and O–H groups in total. The van der Waals surface area contributed by atoms with E-state index in [1.807, 2.05) is 0 Å². The van der Waals surface area contributed by atoms with Crippen molar-refractivity contribution < 1.29 is 35.9 Å². The average molecular weight is 506 g/mol. The van der Waals surface area contributed by atoms with Gasteiger partial charge < -0.3 is 10.1 Å². The van der Waals surface area contributed by atoms with E-state index < -0.39 is 30.9 Å². The summed E-state index contributed by atoms with van der Waals surface area (Å²) in [4.78, 5) is 14.7. The molecule has 4 nitrogen and oxygen atoms in total. The largest absolute Gasteiger partial charge is 0.435 e. The lowest BCUT2D eigenvalue weighted by molar-refractivity contribution is -0.114. The second-order valence-corrected chi connectivity index (χ2v) is 8.13. The zero-order valence-electron chi connectivity index (χ0n) is 18.8. The summed E-state index contributed by atoms with van der Waals surface area (Å²) in [5.74, 6) is -3.72. The number of nitrogens with zero attached hydrogens (tertiary/aromatic N) is 1. The molecule has 3 aromatic rings. The Balaban J connectivity index is 1.69. The highest BCUT2D eigenvalue weighted by molar-refractivity contribution is 6.11. The van der Waals surface area contributed by atoms with Crippen molar-refractivity contribution >= 4 is 17.3 Å². The first-order chi connectivity index (χ1) is 17.0. The third-order valence-corrected chi connectivity index (χ3v) is 5.57. The second kappa shape index (κ2) is 9.96. The highest BCUT2D eigenvalue weighted by atomic mass is 19.3. The van der Waals surface area contributed by atoms with Crippen molar-refractivity contribution in [2.45, 2.75) is 31.9 Å². The molecule has 0 aromatic heterocycles. The number of carbonyl (C=O) groups is 1. The molecule has 1 unspecified atom stereocenters. The number of halogens is 6. The first-order valence-electron chi connectivity index (χ1n) is 10.8. The van der Waals surface area contributed by atoms with Gasteiger partial charge in [-0.2, -0.15) is 8.78 Å². The van der Waals surface area contributed by atoms with Crippen LogP contribution in [0.4, 0.5) is 37.7 Å². The van der Waals surface area contributed by atoms with E-state index in [4.69, 9.17) is 0 Å². The standard InChI is InChI=1S/C26H20F6N2O2/c1-26(31,32)17-4-2-3-16(13-17)22-14-21(33-18-7-11-20(12-8-18)36-25(29)30)24(35)34(22)19-9-5-15(6-10-19)23(27)28/h2-14,22-23,25,33H,1H3. The van der Waals surface area contributed by atoms with Crippen LogP contribution in [-0.4, -0.2) is 12.5 Å². The Hall–Kier alpha value is -3.95. The maximum atomic E-state index is 14.0. The van der Waals surface area contributed by atoms with Crippen molar-refractivity contribution in [3.8, 4) is 5.75 Å². The van der Waals surface area contributed by atoms with Crippen LogP contribution in [0.2, 0.25) is 0 Å². The molecule has 0 fully saturated rings. The lowest BCUT2D eigenvalue weighted by Crippen LogP contribution is -2.31. The van der Waals surface area contributed by atoms with Crippen LogP contribution in [0.5, 0.6) is 5.75 Å². The number of benzene rings is 3. The number of anilines is 2. The maximum absolute atomic E-state index is 14.0. The molecule has 1 aliphatic rings. The van der Waals surface area contributed by atoms with E-state index in [0.29, 0.717) is 11.3 Å². The summed E-state index contributed by atoms with van der Waals surface area (Å²) in [5.41, 5.74) is 0.680. The molecule has 1 atom stereocenters. The van der Waals surface area contributed by atoms with Crippen molar-refractivity contribution in [2.75, 3.05) is 10.2 Å². The van der Waals surface area contributed by atoms with Gasteiger partial charge in [0.15, 0.2) is 0 Å². The van der Waals surface area contributed by atoms with E-state index >= 15 is 0 Å².